The number of carbonyl (C=O) groups excluding carboxylic acids is 1. The van der Waals surface area contributed by atoms with Crippen LogP contribution in [0.2, 0.25) is 0 Å². The minimum Gasteiger partial charge on any atom is -0.481 e. The molecule has 0 bridgehead atoms. The van der Waals surface area contributed by atoms with Crippen molar-refractivity contribution in [1.29, 1.82) is 0 Å². The van der Waals surface area contributed by atoms with E-state index >= 15 is 0 Å². The minimum absolute atomic E-state index is 0.0157. The van der Waals surface area contributed by atoms with Crippen LogP contribution in [0.25, 0.3) is 0 Å². The molecule has 1 N–H and O–H groups in total. The lowest BCUT2D eigenvalue weighted by atomic mass is 9.88. The maximum absolute atomic E-state index is 12.6. The van der Waals surface area contributed by atoms with Crippen LogP contribution in [0.5, 0.6) is 0 Å². The second kappa shape index (κ2) is 7.81. The van der Waals surface area contributed by atoms with Gasteiger partial charge in [0.1, 0.15) is 0 Å². The number of nitrogens with zero attached hydrogens (tertiary/aromatic N) is 1. The number of hydrogen-bond acceptors (Lipinski definition) is 2. The Balaban J connectivity index is 2.76. The molecule has 0 fully saturated rings. The lowest BCUT2D eigenvalue weighted by Gasteiger charge is -2.27. The predicted octanol–water partition coefficient (Wildman–Crippen LogP) is 2.68. The quantitative estimate of drug-likeness (QED) is 0.840. The van der Waals surface area contributed by atoms with Gasteiger partial charge in [-0.25, -0.2) is 0 Å². The average molecular weight is 291 g/mol. The summed E-state index contributed by atoms with van der Waals surface area (Å²) in [4.78, 5) is 25.0. The lowest BCUT2D eigenvalue weighted by Crippen LogP contribution is -2.40. The zero-order valence-electron chi connectivity index (χ0n) is 13.2. The first-order valence-electron chi connectivity index (χ1n) is 7.34. The fourth-order valence-electron chi connectivity index (χ4n) is 2.34. The standard InChI is InChI=1S/C17H25NO3/c1-12(2)15(10-14-8-6-5-7-9-14)16(19)18(4)11-13(3)17(20)21/h5-9,12-13,15H,10-11H2,1-4H3,(H,20,21). The highest BCUT2D eigenvalue weighted by molar-refractivity contribution is 5.80. The fourth-order valence-corrected chi connectivity index (χ4v) is 2.34. The summed E-state index contributed by atoms with van der Waals surface area (Å²) < 4.78 is 0. The molecular formula is C17H25NO3. The van der Waals surface area contributed by atoms with Crippen molar-refractivity contribution < 1.29 is 14.7 Å². The summed E-state index contributed by atoms with van der Waals surface area (Å²) in [6, 6.07) is 9.92. The van der Waals surface area contributed by atoms with E-state index in [1.165, 1.54) is 0 Å². The van der Waals surface area contributed by atoms with Crippen molar-refractivity contribution in [3.05, 3.63) is 35.9 Å². The van der Waals surface area contributed by atoms with Crippen LogP contribution in [0.15, 0.2) is 30.3 Å². The topological polar surface area (TPSA) is 57.6 Å². The number of rotatable bonds is 7. The molecule has 1 aromatic rings. The van der Waals surface area contributed by atoms with Gasteiger partial charge in [0, 0.05) is 19.5 Å². The average Bonchev–Trinajstić information content (AvgIpc) is 2.44. The number of hydrogen-bond donors (Lipinski definition) is 1. The molecule has 1 aromatic carbocycles. The van der Waals surface area contributed by atoms with Gasteiger partial charge in [-0.1, -0.05) is 51.1 Å². The van der Waals surface area contributed by atoms with Gasteiger partial charge in [-0.2, -0.15) is 0 Å². The molecule has 0 aromatic heterocycles. The largest absolute Gasteiger partial charge is 0.481 e. The molecule has 4 heteroatoms. The van der Waals surface area contributed by atoms with Crippen LogP contribution in [0, 0.1) is 17.8 Å². The van der Waals surface area contributed by atoms with E-state index in [1.54, 1.807) is 18.9 Å². The van der Waals surface area contributed by atoms with Crippen LogP contribution >= 0.6 is 0 Å². The summed E-state index contributed by atoms with van der Waals surface area (Å²) >= 11 is 0. The van der Waals surface area contributed by atoms with Crippen LogP contribution in [-0.4, -0.2) is 35.5 Å². The lowest BCUT2D eigenvalue weighted by molar-refractivity contribution is -0.143. The van der Waals surface area contributed by atoms with Gasteiger partial charge in [0.2, 0.25) is 5.91 Å². The zero-order chi connectivity index (χ0) is 16.0. The fraction of sp³-hybridized carbons (Fsp3) is 0.529. The molecule has 0 saturated heterocycles. The van der Waals surface area contributed by atoms with Gasteiger partial charge in [0.05, 0.1) is 5.92 Å². The second-order valence-corrected chi connectivity index (χ2v) is 6.00. The van der Waals surface area contributed by atoms with Crippen molar-refractivity contribution in [2.24, 2.45) is 17.8 Å². The van der Waals surface area contributed by atoms with Crippen LogP contribution in [-0.2, 0) is 16.0 Å². The van der Waals surface area contributed by atoms with E-state index in [1.807, 2.05) is 44.2 Å². The molecule has 1 amide bonds. The summed E-state index contributed by atoms with van der Waals surface area (Å²) in [6.45, 7) is 5.92. The van der Waals surface area contributed by atoms with Gasteiger partial charge in [-0.05, 0) is 17.9 Å². The Morgan fingerprint density at radius 2 is 1.71 bits per heavy atom. The molecule has 0 spiro atoms. The van der Waals surface area contributed by atoms with Gasteiger partial charge in [0.15, 0.2) is 0 Å². The predicted molar refractivity (Wildman–Crippen MR) is 82.9 cm³/mol. The molecule has 116 valence electrons. The first-order chi connectivity index (χ1) is 9.82. The third-order valence-corrected chi connectivity index (χ3v) is 3.77. The summed E-state index contributed by atoms with van der Waals surface area (Å²) in [5.74, 6) is -1.33. The first-order valence-corrected chi connectivity index (χ1v) is 7.34. The first kappa shape index (κ1) is 17.2. The summed E-state index contributed by atoms with van der Waals surface area (Å²) in [6.07, 6.45) is 0.684. The molecule has 1 rings (SSSR count). The van der Waals surface area contributed by atoms with Crippen LogP contribution < -0.4 is 0 Å². The highest BCUT2D eigenvalue weighted by Crippen LogP contribution is 2.20. The Bertz CT molecular complexity index is 470. The van der Waals surface area contributed by atoms with E-state index in [0.717, 1.165) is 5.56 Å². The molecule has 0 radical (unpaired) electrons. The van der Waals surface area contributed by atoms with E-state index in [-0.39, 0.29) is 24.3 Å². The van der Waals surface area contributed by atoms with Gasteiger partial charge < -0.3 is 10.0 Å². The van der Waals surface area contributed by atoms with E-state index in [9.17, 15) is 9.59 Å². The Hall–Kier alpha value is -1.84. The van der Waals surface area contributed by atoms with Crippen molar-refractivity contribution in [3.63, 3.8) is 0 Å². The summed E-state index contributed by atoms with van der Waals surface area (Å²) in [7, 11) is 1.68. The van der Waals surface area contributed by atoms with Gasteiger partial charge in [0.25, 0.3) is 0 Å². The molecule has 0 aliphatic carbocycles. The molecule has 21 heavy (non-hydrogen) atoms. The number of carboxylic acids is 1. The number of aliphatic carboxylic acids is 1. The van der Waals surface area contributed by atoms with E-state index in [0.29, 0.717) is 6.42 Å². The molecule has 0 aliphatic rings. The number of carboxylic acid groups (broad SMARTS) is 1. The molecule has 0 saturated carbocycles. The van der Waals surface area contributed by atoms with E-state index < -0.39 is 11.9 Å². The van der Waals surface area contributed by atoms with Gasteiger partial charge >= 0.3 is 5.97 Å². The van der Waals surface area contributed by atoms with Crippen molar-refractivity contribution in [2.45, 2.75) is 27.2 Å². The number of amides is 1. The third kappa shape index (κ3) is 5.21. The van der Waals surface area contributed by atoms with Crippen molar-refractivity contribution in [2.75, 3.05) is 13.6 Å². The number of benzene rings is 1. The van der Waals surface area contributed by atoms with Crippen molar-refractivity contribution in [3.8, 4) is 0 Å². The Morgan fingerprint density at radius 3 is 2.19 bits per heavy atom. The van der Waals surface area contributed by atoms with Crippen LogP contribution in [0.3, 0.4) is 0 Å². The molecule has 2 atom stereocenters. The summed E-state index contributed by atoms with van der Waals surface area (Å²) in [5, 5.41) is 8.96. The van der Waals surface area contributed by atoms with Gasteiger partial charge in [-0.3, -0.25) is 9.59 Å². The van der Waals surface area contributed by atoms with E-state index in [2.05, 4.69) is 0 Å². The van der Waals surface area contributed by atoms with Crippen LogP contribution in [0.4, 0.5) is 0 Å². The van der Waals surface area contributed by atoms with Gasteiger partial charge in [-0.15, -0.1) is 0 Å². The monoisotopic (exact) mass is 291 g/mol. The number of carbonyl (C=O) groups is 2. The maximum atomic E-state index is 12.6. The van der Waals surface area contributed by atoms with E-state index in [4.69, 9.17) is 5.11 Å². The maximum Gasteiger partial charge on any atom is 0.308 e. The van der Waals surface area contributed by atoms with Crippen molar-refractivity contribution >= 4 is 11.9 Å². The molecule has 2 unspecified atom stereocenters. The molecule has 0 heterocycles. The molecule has 0 aliphatic heterocycles. The normalized spacial score (nSPS) is 13.8. The SMILES string of the molecule is CC(CN(C)C(=O)C(Cc1ccccc1)C(C)C)C(=O)O. The smallest absolute Gasteiger partial charge is 0.308 e. The Morgan fingerprint density at radius 1 is 1.14 bits per heavy atom. The highest BCUT2D eigenvalue weighted by atomic mass is 16.4. The summed E-state index contributed by atoms with van der Waals surface area (Å²) in [5.41, 5.74) is 1.13. The van der Waals surface area contributed by atoms with Crippen LogP contribution in [0.1, 0.15) is 26.3 Å². The molecule has 4 nitrogen and oxygen atoms in total. The third-order valence-electron chi connectivity index (χ3n) is 3.77. The minimum atomic E-state index is -0.876. The highest BCUT2D eigenvalue weighted by Gasteiger charge is 2.27. The Labute approximate surface area is 126 Å². The second-order valence-electron chi connectivity index (χ2n) is 6.00. The van der Waals surface area contributed by atoms with Crippen molar-refractivity contribution in [1.82, 2.24) is 4.90 Å². The zero-order valence-corrected chi connectivity index (χ0v) is 13.2. The molecular weight excluding hydrogens is 266 g/mol. The Kier molecular flexibility index (Phi) is 6.40.